The van der Waals surface area contributed by atoms with Gasteiger partial charge in [0.25, 0.3) is 0 Å². The molecule has 0 atom stereocenters. The molecule has 1 aliphatic rings. The van der Waals surface area contributed by atoms with Crippen molar-refractivity contribution in [3.8, 4) is 0 Å². The number of ether oxygens (including phenoxy) is 2. The summed E-state index contributed by atoms with van der Waals surface area (Å²) in [7, 11) is 0. The Bertz CT molecular complexity index is 283. The van der Waals surface area contributed by atoms with E-state index in [1.54, 1.807) is 0 Å². The number of hydrogen-bond donors (Lipinski definition) is 1. The lowest BCUT2D eigenvalue weighted by Crippen LogP contribution is -2.40. The van der Waals surface area contributed by atoms with Crippen LogP contribution in [0.25, 0.3) is 0 Å². The molecule has 1 N–H and O–H groups in total. The van der Waals surface area contributed by atoms with Gasteiger partial charge in [-0.15, -0.1) is 0 Å². The molecule has 0 aromatic carbocycles. The summed E-state index contributed by atoms with van der Waals surface area (Å²) in [6.07, 6.45) is 8.76. The molecule has 4 nitrogen and oxygen atoms in total. The molecule has 0 aliphatic heterocycles. The quantitative estimate of drug-likeness (QED) is 0.496. The fourth-order valence-corrected chi connectivity index (χ4v) is 2.87. The normalized spacial score (nSPS) is 25.8. The summed E-state index contributed by atoms with van der Waals surface area (Å²) >= 11 is 0. The summed E-state index contributed by atoms with van der Waals surface area (Å²) in [5, 5.41) is 10.5. The van der Waals surface area contributed by atoms with Gasteiger partial charge in [0.05, 0.1) is 24.7 Å². The summed E-state index contributed by atoms with van der Waals surface area (Å²) in [6, 6.07) is 0. The van der Waals surface area contributed by atoms with Gasteiger partial charge in [-0.2, -0.15) is 0 Å². The average Bonchev–Trinajstić information content (AvgIpc) is 2.47. The zero-order chi connectivity index (χ0) is 15.6. The van der Waals surface area contributed by atoms with Crippen molar-refractivity contribution in [2.75, 3.05) is 19.8 Å². The molecule has 0 radical (unpaired) electrons. The summed E-state index contributed by atoms with van der Waals surface area (Å²) in [5.74, 6) is -0.157. The standard InChI is InChI=1S/C17H32O4/c1-3-5-6-7-8-13-20-14-17(19)11-9-15(10-12-17)16(18)21-4-2/h15,19H,3-14H2,1-2H3. The zero-order valence-electron chi connectivity index (χ0n) is 13.7. The first-order chi connectivity index (χ1) is 10.1. The number of unbranched alkanes of at least 4 members (excludes halogenated alkanes) is 4. The molecule has 0 bridgehead atoms. The Balaban J connectivity index is 2.12. The lowest BCUT2D eigenvalue weighted by Gasteiger charge is -2.34. The minimum Gasteiger partial charge on any atom is -0.466 e. The number of rotatable bonds is 10. The molecule has 4 heteroatoms. The van der Waals surface area contributed by atoms with Crippen LogP contribution < -0.4 is 0 Å². The zero-order valence-corrected chi connectivity index (χ0v) is 13.7. The average molecular weight is 300 g/mol. The van der Waals surface area contributed by atoms with Gasteiger partial charge in [-0.05, 0) is 39.0 Å². The van der Waals surface area contributed by atoms with Crippen molar-refractivity contribution in [3.63, 3.8) is 0 Å². The van der Waals surface area contributed by atoms with E-state index in [-0.39, 0.29) is 11.9 Å². The van der Waals surface area contributed by atoms with Crippen molar-refractivity contribution in [3.05, 3.63) is 0 Å². The second kappa shape index (κ2) is 10.2. The first-order valence-electron chi connectivity index (χ1n) is 8.58. The molecule has 1 aliphatic carbocycles. The predicted octanol–water partition coefficient (Wildman–Crippen LogP) is 3.46. The van der Waals surface area contributed by atoms with Crippen LogP contribution in [0.3, 0.4) is 0 Å². The Morgan fingerprint density at radius 3 is 2.43 bits per heavy atom. The molecule has 1 saturated carbocycles. The van der Waals surface area contributed by atoms with Crippen LogP contribution in [0, 0.1) is 5.92 Å². The number of carbonyl (C=O) groups excluding carboxylic acids is 1. The van der Waals surface area contributed by atoms with Gasteiger partial charge in [-0.1, -0.05) is 32.6 Å². The second-order valence-corrected chi connectivity index (χ2v) is 6.22. The Morgan fingerprint density at radius 2 is 1.81 bits per heavy atom. The van der Waals surface area contributed by atoms with Gasteiger partial charge in [-0.25, -0.2) is 0 Å². The molecule has 0 aromatic rings. The monoisotopic (exact) mass is 300 g/mol. The highest BCUT2D eigenvalue weighted by atomic mass is 16.5. The van der Waals surface area contributed by atoms with E-state index in [0.717, 1.165) is 13.0 Å². The Kier molecular flexibility index (Phi) is 8.93. The van der Waals surface area contributed by atoms with Crippen molar-refractivity contribution in [1.82, 2.24) is 0 Å². The Hall–Kier alpha value is -0.610. The van der Waals surface area contributed by atoms with Gasteiger partial charge in [0.2, 0.25) is 0 Å². The van der Waals surface area contributed by atoms with Crippen molar-refractivity contribution in [1.29, 1.82) is 0 Å². The summed E-state index contributed by atoms with van der Waals surface area (Å²) in [6.45, 7) is 5.59. The minimum atomic E-state index is -0.744. The first kappa shape index (κ1) is 18.4. The van der Waals surface area contributed by atoms with E-state index >= 15 is 0 Å². The number of carbonyl (C=O) groups is 1. The van der Waals surface area contributed by atoms with Crippen molar-refractivity contribution in [2.24, 2.45) is 5.92 Å². The second-order valence-electron chi connectivity index (χ2n) is 6.22. The van der Waals surface area contributed by atoms with Crippen LogP contribution in [0.1, 0.15) is 71.6 Å². The highest BCUT2D eigenvalue weighted by Gasteiger charge is 2.36. The van der Waals surface area contributed by atoms with Crippen LogP contribution >= 0.6 is 0 Å². The molecule has 124 valence electrons. The Morgan fingerprint density at radius 1 is 1.14 bits per heavy atom. The van der Waals surface area contributed by atoms with Crippen LogP contribution in [0.2, 0.25) is 0 Å². The van der Waals surface area contributed by atoms with Crippen molar-refractivity contribution >= 4 is 5.97 Å². The van der Waals surface area contributed by atoms with Crippen LogP contribution in [0.4, 0.5) is 0 Å². The fourth-order valence-electron chi connectivity index (χ4n) is 2.87. The van der Waals surface area contributed by atoms with Gasteiger partial charge in [0.1, 0.15) is 0 Å². The SMILES string of the molecule is CCCCCCCOCC1(O)CCC(C(=O)OCC)CC1. The molecule has 0 aromatic heterocycles. The van der Waals surface area contributed by atoms with E-state index in [4.69, 9.17) is 9.47 Å². The number of aliphatic hydroxyl groups is 1. The lowest BCUT2D eigenvalue weighted by atomic mass is 9.79. The molecular formula is C17H32O4. The van der Waals surface area contributed by atoms with Crippen LogP contribution in [0.5, 0.6) is 0 Å². The van der Waals surface area contributed by atoms with E-state index in [1.165, 1.54) is 25.7 Å². The maximum Gasteiger partial charge on any atom is 0.308 e. The molecule has 1 fully saturated rings. The molecule has 0 amide bonds. The predicted molar refractivity (Wildman–Crippen MR) is 83.1 cm³/mol. The molecule has 21 heavy (non-hydrogen) atoms. The van der Waals surface area contributed by atoms with Gasteiger partial charge in [-0.3, -0.25) is 4.79 Å². The maximum absolute atomic E-state index is 11.7. The third-order valence-electron chi connectivity index (χ3n) is 4.30. The van der Waals surface area contributed by atoms with E-state index in [0.29, 0.717) is 38.9 Å². The topological polar surface area (TPSA) is 55.8 Å². The van der Waals surface area contributed by atoms with Crippen molar-refractivity contribution in [2.45, 2.75) is 77.2 Å². The summed E-state index contributed by atoms with van der Waals surface area (Å²) < 4.78 is 10.7. The smallest absolute Gasteiger partial charge is 0.308 e. The van der Waals surface area contributed by atoms with E-state index < -0.39 is 5.60 Å². The van der Waals surface area contributed by atoms with Gasteiger partial charge in [0.15, 0.2) is 0 Å². The highest BCUT2D eigenvalue weighted by Crippen LogP contribution is 2.33. The number of esters is 1. The Labute approximate surface area is 129 Å². The molecule has 0 unspecified atom stereocenters. The fraction of sp³-hybridized carbons (Fsp3) is 0.941. The van der Waals surface area contributed by atoms with Gasteiger partial charge >= 0.3 is 5.97 Å². The molecular weight excluding hydrogens is 268 g/mol. The van der Waals surface area contributed by atoms with Crippen LogP contribution in [-0.2, 0) is 14.3 Å². The molecule has 0 saturated heterocycles. The first-order valence-corrected chi connectivity index (χ1v) is 8.58. The largest absolute Gasteiger partial charge is 0.466 e. The third kappa shape index (κ3) is 7.28. The molecule has 0 spiro atoms. The van der Waals surface area contributed by atoms with Gasteiger partial charge in [0, 0.05) is 6.61 Å². The lowest BCUT2D eigenvalue weighted by molar-refractivity contribution is -0.152. The number of hydrogen-bond acceptors (Lipinski definition) is 4. The van der Waals surface area contributed by atoms with Crippen LogP contribution in [0.15, 0.2) is 0 Å². The maximum atomic E-state index is 11.7. The summed E-state index contributed by atoms with van der Waals surface area (Å²) in [4.78, 5) is 11.7. The van der Waals surface area contributed by atoms with E-state index in [9.17, 15) is 9.90 Å². The van der Waals surface area contributed by atoms with E-state index in [1.807, 2.05) is 6.92 Å². The van der Waals surface area contributed by atoms with Gasteiger partial charge < -0.3 is 14.6 Å². The van der Waals surface area contributed by atoms with Crippen molar-refractivity contribution < 1.29 is 19.4 Å². The highest BCUT2D eigenvalue weighted by molar-refractivity contribution is 5.72. The van der Waals surface area contributed by atoms with E-state index in [2.05, 4.69) is 6.92 Å². The van der Waals surface area contributed by atoms with Crippen LogP contribution in [-0.4, -0.2) is 36.5 Å². The minimum absolute atomic E-state index is 0.0423. The molecule has 0 heterocycles. The summed E-state index contributed by atoms with van der Waals surface area (Å²) in [5.41, 5.74) is -0.744. The molecule has 1 rings (SSSR count). The third-order valence-corrected chi connectivity index (χ3v) is 4.30.